The Hall–Kier alpha value is -3.00. The minimum atomic E-state index is -1.16. The van der Waals surface area contributed by atoms with Crippen LogP contribution in [-0.2, 0) is 16.9 Å². The van der Waals surface area contributed by atoms with Crippen LogP contribution in [-0.4, -0.2) is 37.8 Å². The minimum Gasteiger partial charge on any atom is -0.461 e. The van der Waals surface area contributed by atoms with E-state index in [1.54, 1.807) is 31.2 Å². The van der Waals surface area contributed by atoms with Gasteiger partial charge in [-0.05, 0) is 29.8 Å². The van der Waals surface area contributed by atoms with Gasteiger partial charge in [0.15, 0.2) is 5.76 Å². The lowest BCUT2D eigenvalue weighted by atomic mass is 9.96. The maximum absolute atomic E-state index is 12.0. The second-order valence-electron chi connectivity index (χ2n) is 5.54. The molecule has 2 N–H and O–H groups in total. The molecule has 0 aliphatic rings. The highest BCUT2D eigenvalue weighted by Crippen LogP contribution is 2.18. The normalized spacial score (nSPS) is 13.4. The van der Waals surface area contributed by atoms with Crippen molar-refractivity contribution in [3.63, 3.8) is 0 Å². The van der Waals surface area contributed by atoms with Gasteiger partial charge in [0.05, 0.1) is 12.8 Å². The number of hydrogen-bond donors (Lipinski definition) is 2. The minimum absolute atomic E-state index is 0.0790. The predicted molar refractivity (Wildman–Crippen MR) is 84.5 cm³/mol. The van der Waals surface area contributed by atoms with Crippen molar-refractivity contribution < 1.29 is 14.3 Å². The van der Waals surface area contributed by atoms with E-state index in [-0.39, 0.29) is 19.0 Å². The molecular formula is C16H17N5O3. The summed E-state index contributed by atoms with van der Waals surface area (Å²) >= 11 is 0. The van der Waals surface area contributed by atoms with Crippen molar-refractivity contribution in [1.29, 1.82) is 0 Å². The zero-order valence-corrected chi connectivity index (χ0v) is 13.1. The fraction of sp³-hybridized carbons (Fsp3) is 0.250. The summed E-state index contributed by atoms with van der Waals surface area (Å²) in [4.78, 5) is 13.2. The van der Waals surface area contributed by atoms with Crippen LogP contribution in [0.1, 0.15) is 12.5 Å². The van der Waals surface area contributed by atoms with Crippen LogP contribution < -0.4 is 5.32 Å². The number of benzene rings is 1. The number of hydrogen-bond acceptors (Lipinski definition) is 6. The molecule has 124 valence electrons. The Morgan fingerprint density at radius 3 is 2.79 bits per heavy atom. The fourth-order valence-electron chi connectivity index (χ4n) is 2.17. The average molecular weight is 327 g/mol. The van der Waals surface area contributed by atoms with E-state index in [1.165, 1.54) is 11.1 Å². The molecule has 1 atom stereocenters. The molecule has 3 rings (SSSR count). The molecule has 0 bridgehead atoms. The molecule has 24 heavy (non-hydrogen) atoms. The van der Waals surface area contributed by atoms with E-state index in [0.29, 0.717) is 11.6 Å². The summed E-state index contributed by atoms with van der Waals surface area (Å²) in [6.07, 6.45) is 1.51. The van der Waals surface area contributed by atoms with E-state index in [0.717, 1.165) is 5.56 Å². The molecule has 0 unspecified atom stereocenters. The number of nitrogens with zero attached hydrogens (tertiary/aromatic N) is 4. The zero-order chi connectivity index (χ0) is 17.0. The number of aliphatic hydroxyl groups is 1. The monoisotopic (exact) mass is 327 g/mol. The maximum Gasteiger partial charge on any atom is 0.243 e. The molecule has 1 aromatic carbocycles. The van der Waals surface area contributed by atoms with Crippen molar-refractivity contribution in [2.24, 2.45) is 0 Å². The first kappa shape index (κ1) is 15.9. The van der Waals surface area contributed by atoms with Gasteiger partial charge in [0.25, 0.3) is 0 Å². The Morgan fingerprint density at radius 2 is 2.08 bits per heavy atom. The first-order valence-electron chi connectivity index (χ1n) is 7.41. The molecule has 0 spiro atoms. The Kier molecular flexibility index (Phi) is 4.39. The molecular weight excluding hydrogens is 310 g/mol. The number of tetrazole rings is 1. The van der Waals surface area contributed by atoms with Gasteiger partial charge in [-0.1, -0.05) is 30.3 Å². The third-order valence-electron chi connectivity index (χ3n) is 3.50. The van der Waals surface area contributed by atoms with Gasteiger partial charge in [0.1, 0.15) is 12.1 Å². The van der Waals surface area contributed by atoms with Crippen LogP contribution in [0.15, 0.2) is 53.1 Å². The van der Waals surface area contributed by atoms with E-state index in [9.17, 15) is 9.90 Å². The first-order chi connectivity index (χ1) is 11.5. The third-order valence-corrected chi connectivity index (χ3v) is 3.50. The summed E-state index contributed by atoms with van der Waals surface area (Å²) < 4.78 is 5.17. The van der Waals surface area contributed by atoms with E-state index in [2.05, 4.69) is 20.7 Å². The molecule has 3 aromatic rings. The van der Waals surface area contributed by atoms with E-state index in [1.807, 2.05) is 18.2 Å². The SMILES string of the molecule is C[C@](O)(CNC(=O)Cn1nnc(-c2ccco2)n1)c1ccccc1. The third kappa shape index (κ3) is 3.66. The van der Waals surface area contributed by atoms with E-state index in [4.69, 9.17) is 4.42 Å². The van der Waals surface area contributed by atoms with Crippen LogP contribution in [0.2, 0.25) is 0 Å². The number of amides is 1. The highest BCUT2D eigenvalue weighted by atomic mass is 16.3. The molecule has 0 aliphatic heterocycles. The van der Waals surface area contributed by atoms with Crippen molar-refractivity contribution in [2.75, 3.05) is 6.54 Å². The van der Waals surface area contributed by atoms with Gasteiger partial charge in [0, 0.05) is 0 Å². The molecule has 2 aromatic heterocycles. The van der Waals surface area contributed by atoms with Gasteiger partial charge in [-0.15, -0.1) is 10.2 Å². The lowest BCUT2D eigenvalue weighted by molar-refractivity contribution is -0.123. The summed E-state index contributed by atoms with van der Waals surface area (Å²) in [6.45, 7) is 1.62. The molecule has 8 nitrogen and oxygen atoms in total. The maximum atomic E-state index is 12.0. The number of carbonyl (C=O) groups is 1. The predicted octanol–water partition coefficient (Wildman–Crippen LogP) is 0.957. The Balaban J connectivity index is 1.56. The van der Waals surface area contributed by atoms with Gasteiger partial charge in [0.2, 0.25) is 11.7 Å². The van der Waals surface area contributed by atoms with Gasteiger partial charge >= 0.3 is 0 Å². The molecule has 1 amide bonds. The van der Waals surface area contributed by atoms with Crippen LogP contribution in [0.5, 0.6) is 0 Å². The number of nitrogens with one attached hydrogen (secondary N) is 1. The quantitative estimate of drug-likeness (QED) is 0.698. The van der Waals surface area contributed by atoms with Crippen LogP contribution in [0.3, 0.4) is 0 Å². The van der Waals surface area contributed by atoms with Crippen molar-refractivity contribution in [3.05, 3.63) is 54.3 Å². The largest absolute Gasteiger partial charge is 0.461 e. The van der Waals surface area contributed by atoms with Crippen LogP contribution in [0, 0.1) is 0 Å². The van der Waals surface area contributed by atoms with Gasteiger partial charge in [-0.25, -0.2) is 0 Å². The van der Waals surface area contributed by atoms with Gasteiger partial charge in [-0.2, -0.15) is 4.80 Å². The van der Waals surface area contributed by atoms with E-state index >= 15 is 0 Å². The second kappa shape index (κ2) is 6.63. The lowest BCUT2D eigenvalue weighted by Gasteiger charge is -2.24. The van der Waals surface area contributed by atoms with E-state index < -0.39 is 5.60 Å². The first-order valence-corrected chi connectivity index (χ1v) is 7.41. The van der Waals surface area contributed by atoms with Crippen LogP contribution >= 0.6 is 0 Å². The highest BCUT2D eigenvalue weighted by molar-refractivity contribution is 5.75. The van der Waals surface area contributed by atoms with Crippen LogP contribution in [0.25, 0.3) is 11.6 Å². The molecule has 2 heterocycles. The Labute approximate surface area is 138 Å². The molecule has 0 fully saturated rings. The molecule has 0 saturated carbocycles. The molecule has 0 radical (unpaired) electrons. The summed E-state index contributed by atoms with van der Waals surface area (Å²) in [5, 5.41) is 24.8. The van der Waals surface area contributed by atoms with Crippen molar-refractivity contribution in [2.45, 2.75) is 19.1 Å². The standard InChI is InChI=1S/C16H17N5O3/c1-16(23,12-6-3-2-4-7-12)11-17-14(22)10-21-19-15(18-20-21)13-8-5-9-24-13/h2-9,23H,10-11H2,1H3,(H,17,22)/t16-/m0/s1. The highest BCUT2D eigenvalue weighted by Gasteiger charge is 2.23. The van der Waals surface area contributed by atoms with Gasteiger partial charge < -0.3 is 14.8 Å². The average Bonchev–Trinajstić information content (AvgIpc) is 3.25. The molecule has 0 saturated heterocycles. The smallest absolute Gasteiger partial charge is 0.243 e. The second-order valence-corrected chi connectivity index (χ2v) is 5.54. The Bertz CT molecular complexity index is 796. The summed E-state index contributed by atoms with van der Waals surface area (Å²) in [7, 11) is 0. The van der Waals surface area contributed by atoms with Crippen molar-refractivity contribution in [1.82, 2.24) is 25.5 Å². The number of furan rings is 1. The van der Waals surface area contributed by atoms with Crippen molar-refractivity contribution in [3.8, 4) is 11.6 Å². The topological polar surface area (TPSA) is 106 Å². The summed E-state index contributed by atoms with van der Waals surface area (Å²) in [5.74, 6) is 0.465. The van der Waals surface area contributed by atoms with Crippen LogP contribution in [0.4, 0.5) is 0 Å². The number of rotatable bonds is 6. The summed E-state index contributed by atoms with van der Waals surface area (Å²) in [5.41, 5.74) is -0.434. The summed E-state index contributed by atoms with van der Waals surface area (Å²) in [6, 6.07) is 12.6. The molecule has 8 heteroatoms. The Morgan fingerprint density at radius 1 is 1.29 bits per heavy atom. The lowest BCUT2D eigenvalue weighted by Crippen LogP contribution is -2.40. The number of aromatic nitrogens is 4. The molecule has 0 aliphatic carbocycles. The van der Waals surface area contributed by atoms with Crippen molar-refractivity contribution >= 4 is 5.91 Å². The fourth-order valence-corrected chi connectivity index (χ4v) is 2.17. The zero-order valence-electron chi connectivity index (χ0n) is 13.1. The number of carbonyl (C=O) groups excluding carboxylic acids is 1. The van der Waals surface area contributed by atoms with Gasteiger partial charge in [-0.3, -0.25) is 4.79 Å².